The molecule has 5 nitrogen and oxygen atoms in total. The molecule has 1 fully saturated rings. The Morgan fingerprint density at radius 2 is 1.85 bits per heavy atom. The van der Waals surface area contributed by atoms with Crippen molar-refractivity contribution in [3.8, 4) is 0 Å². The van der Waals surface area contributed by atoms with Gasteiger partial charge >= 0.3 is 0 Å². The van der Waals surface area contributed by atoms with Gasteiger partial charge in [0, 0.05) is 30.5 Å². The molecule has 148 valence electrons. The number of likely N-dealkylation sites (tertiary alicyclic amines) is 1. The Morgan fingerprint density at radius 3 is 2.48 bits per heavy atom. The zero-order chi connectivity index (χ0) is 19.3. The molecular weight excluding hydrogens is 382 g/mol. The Bertz CT molecular complexity index is 842. The molecule has 27 heavy (non-hydrogen) atoms. The van der Waals surface area contributed by atoms with Gasteiger partial charge in [0.2, 0.25) is 10.0 Å². The summed E-state index contributed by atoms with van der Waals surface area (Å²) in [5.74, 6) is -0.0621. The first-order valence-corrected chi connectivity index (χ1v) is 11.5. The summed E-state index contributed by atoms with van der Waals surface area (Å²) < 4.78 is 30.2. The van der Waals surface area contributed by atoms with E-state index in [4.69, 9.17) is 11.6 Å². The van der Waals surface area contributed by atoms with E-state index in [0.717, 1.165) is 31.6 Å². The molecule has 2 heterocycles. The molecule has 0 unspecified atom stereocenters. The van der Waals surface area contributed by atoms with Crippen LogP contribution in [0, 0.1) is 0 Å². The maximum absolute atomic E-state index is 12.6. The van der Waals surface area contributed by atoms with Crippen LogP contribution in [0.1, 0.15) is 43.0 Å². The third-order valence-electron chi connectivity index (χ3n) is 5.15. The molecule has 7 heteroatoms. The molecule has 1 aliphatic heterocycles. The molecular formula is C20H28ClN3O2S. The Hall–Kier alpha value is -1.34. The second-order valence-corrected chi connectivity index (χ2v) is 9.49. The molecule has 1 aromatic heterocycles. The van der Waals surface area contributed by atoms with Crippen LogP contribution in [-0.4, -0.2) is 37.5 Å². The number of rotatable bonds is 7. The Balaban J connectivity index is 1.72. The van der Waals surface area contributed by atoms with E-state index in [1.807, 2.05) is 19.3 Å². The van der Waals surface area contributed by atoms with Gasteiger partial charge in [-0.3, -0.25) is 4.90 Å². The van der Waals surface area contributed by atoms with Crippen molar-refractivity contribution in [1.82, 2.24) is 14.2 Å². The van der Waals surface area contributed by atoms with Crippen molar-refractivity contribution in [1.29, 1.82) is 0 Å². The lowest BCUT2D eigenvalue weighted by Crippen LogP contribution is -2.39. The lowest BCUT2D eigenvalue weighted by molar-refractivity contribution is 0.199. The highest BCUT2D eigenvalue weighted by Gasteiger charge is 2.25. The molecule has 0 spiro atoms. The SMILES string of the molecule is Cn1cccc1[C@H](CNS(=O)(=O)Cc1cccc(Cl)c1)N1CCCCCC1. The molecule has 0 radical (unpaired) electrons. The monoisotopic (exact) mass is 409 g/mol. The number of benzene rings is 1. The fraction of sp³-hybridized carbons (Fsp3) is 0.500. The Labute approximate surface area is 167 Å². The maximum Gasteiger partial charge on any atom is 0.215 e. The van der Waals surface area contributed by atoms with Crippen molar-refractivity contribution < 1.29 is 8.42 Å². The smallest absolute Gasteiger partial charge is 0.215 e. The van der Waals surface area contributed by atoms with E-state index in [9.17, 15) is 8.42 Å². The van der Waals surface area contributed by atoms with Gasteiger partial charge in [0.25, 0.3) is 0 Å². The van der Waals surface area contributed by atoms with Gasteiger partial charge in [-0.1, -0.05) is 36.6 Å². The lowest BCUT2D eigenvalue weighted by Gasteiger charge is -2.31. The van der Waals surface area contributed by atoms with Crippen molar-refractivity contribution in [2.24, 2.45) is 7.05 Å². The fourth-order valence-corrected chi connectivity index (χ4v) is 5.10. The van der Waals surface area contributed by atoms with Crippen molar-refractivity contribution in [3.63, 3.8) is 0 Å². The third kappa shape index (κ3) is 5.82. The van der Waals surface area contributed by atoms with Crippen molar-refractivity contribution in [2.75, 3.05) is 19.6 Å². The van der Waals surface area contributed by atoms with Crippen LogP contribution in [0.4, 0.5) is 0 Å². The summed E-state index contributed by atoms with van der Waals surface area (Å²) in [7, 11) is -1.43. The van der Waals surface area contributed by atoms with Crippen LogP contribution in [0.2, 0.25) is 5.02 Å². The minimum absolute atomic E-state index is 0.0391. The highest BCUT2D eigenvalue weighted by Crippen LogP contribution is 2.24. The number of hydrogen-bond acceptors (Lipinski definition) is 3. The average Bonchev–Trinajstić information content (AvgIpc) is 2.86. The van der Waals surface area contributed by atoms with Crippen molar-refractivity contribution in [2.45, 2.75) is 37.5 Å². The number of aromatic nitrogens is 1. The third-order valence-corrected chi connectivity index (χ3v) is 6.70. The molecule has 1 aromatic carbocycles. The molecule has 0 aliphatic carbocycles. The first-order chi connectivity index (χ1) is 12.9. The Morgan fingerprint density at radius 1 is 1.11 bits per heavy atom. The maximum atomic E-state index is 12.6. The Kier molecular flexibility index (Phi) is 6.98. The zero-order valence-corrected chi connectivity index (χ0v) is 17.3. The predicted octanol–water partition coefficient (Wildman–Crippen LogP) is 3.72. The zero-order valence-electron chi connectivity index (χ0n) is 15.8. The number of nitrogens with zero attached hydrogens (tertiary/aromatic N) is 2. The average molecular weight is 410 g/mol. The molecule has 0 bridgehead atoms. The molecule has 0 saturated carbocycles. The molecule has 3 rings (SSSR count). The topological polar surface area (TPSA) is 54.3 Å². The van der Waals surface area contributed by atoms with E-state index >= 15 is 0 Å². The fourth-order valence-electron chi connectivity index (χ4n) is 3.75. The summed E-state index contributed by atoms with van der Waals surface area (Å²) in [5, 5.41) is 0.550. The van der Waals surface area contributed by atoms with E-state index in [0.29, 0.717) is 17.1 Å². The quantitative estimate of drug-likeness (QED) is 0.758. The van der Waals surface area contributed by atoms with Crippen LogP contribution in [0.15, 0.2) is 42.6 Å². The van der Waals surface area contributed by atoms with E-state index in [1.54, 1.807) is 24.3 Å². The number of halogens is 1. The van der Waals surface area contributed by atoms with Crippen molar-refractivity contribution >= 4 is 21.6 Å². The van der Waals surface area contributed by atoms with Crippen LogP contribution in [0.5, 0.6) is 0 Å². The van der Waals surface area contributed by atoms with Crippen LogP contribution >= 0.6 is 11.6 Å². The molecule has 0 amide bonds. The molecule has 1 atom stereocenters. The highest BCUT2D eigenvalue weighted by atomic mass is 35.5. The molecule has 2 aromatic rings. The van der Waals surface area contributed by atoms with Crippen LogP contribution in [-0.2, 0) is 22.8 Å². The molecule has 1 saturated heterocycles. The van der Waals surface area contributed by atoms with Gasteiger partial charge in [-0.2, -0.15) is 0 Å². The molecule has 1 N–H and O–H groups in total. The van der Waals surface area contributed by atoms with Gasteiger partial charge in [-0.15, -0.1) is 0 Å². The van der Waals surface area contributed by atoms with Gasteiger partial charge < -0.3 is 4.57 Å². The minimum atomic E-state index is -3.44. The molecule has 1 aliphatic rings. The van der Waals surface area contributed by atoms with Gasteiger partial charge in [-0.05, 0) is 55.8 Å². The second kappa shape index (κ2) is 9.24. The number of nitrogens with one attached hydrogen (secondary N) is 1. The second-order valence-electron chi connectivity index (χ2n) is 7.25. The van der Waals surface area contributed by atoms with Gasteiger partial charge in [0.15, 0.2) is 0 Å². The van der Waals surface area contributed by atoms with Crippen LogP contribution < -0.4 is 4.72 Å². The van der Waals surface area contributed by atoms with Crippen LogP contribution in [0.25, 0.3) is 0 Å². The van der Waals surface area contributed by atoms with Crippen LogP contribution in [0.3, 0.4) is 0 Å². The predicted molar refractivity (Wildman–Crippen MR) is 110 cm³/mol. The highest BCUT2D eigenvalue weighted by molar-refractivity contribution is 7.88. The summed E-state index contributed by atoms with van der Waals surface area (Å²) in [5.41, 5.74) is 1.84. The number of sulfonamides is 1. The summed E-state index contributed by atoms with van der Waals surface area (Å²) in [6.45, 7) is 2.39. The van der Waals surface area contributed by atoms with Crippen molar-refractivity contribution in [3.05, 3.63) is 58.9 Å². The summed E-state index contributed by atoms with van der Waals surface area (Å²) >= 11 is 5.98. The standard InChI is InChI=1S/C20H28ClN3O2S/c1-23-11-7-10-19(23)20(24-12-4-2-3-5-13-24)15-22-27(25,26)16-17-8-6-9-18(21)14-17/h6-11,14,20,22H,2-5,12-13,15-16H2,1H3/t20-/m0/s1. The summed E-state index contributed by atoms with van der Waals surface area (Å²) in [6, 6.07) is 11.1. The number of aryl methyl sites for hydroxylation is 1. The summed E-state index contributed by atoms with van der Waals surface area (Å²) in [6.07, 6.45) is 6.83. The van der Waals surface area contributed by atoms with Gasteiger partial charge in [0.05, 0.1) is 11.8 Å². The van der Waals surface area contributed by atoms with E-state index < -0.39 is 10.0 Å². The minimum Gasteiger partial charge on any atom is -0.353 e. The number of hydrogen-bond donors (Lipinski definition) is 1. The van der Waals surface area contributed by atoms with E-state index in [-0.39, 0.29) is 11.8 Å². The first kappa shape index (κ1) is 20.4. The first-order valence-electron chi connectivity index (χ1n) is 9.52. The summed E-state index contributed by atoms with van der Waals surface area (Å²) in [4.78, 5) is 2.42. The largest absolute Gasteiger partial charge is 0.353 e. The van der Waals surface area contributed by atoms with E-state index in [1.165, 1.54) is 12.8 Å². The van der Waals surface area contributed by atoms with Gasteiger partial charge in [-0.25, -0.2) is 13.1 Å². The van der Waals surface area contributed by atoms with E-state index in [2.05, 4.69) is 20.3 Å². The lowest BCUT2D eigenvalue weighted by atomic mass is 10.1. The van der Waals surface area contributed by atoms with Gasteiger partial charge in [0.1, 0.15) is 0 Å². The normalized spacial score (nSPS) is 17.6.